The van der Waals surface area contributed by atoms with E-state index in [0.29, 0.717) is 6.54 Å². The largest absolute Gasteiger partial charge is 0.321 e. The molecule has 146 valence electrons. The Balaban J connectivity index is 1.25. The van der Waals surface area contributed by atoms with Crippen LogP contribution in [-0.4, -0.2) is 49.9 Å². The molecule has 1 aliphatic heterocycles. The Bertz CT molecular complexity index is 917. The van der Waals surface area contributed by atoms with Crippen molar-refractivity contribution in [2.75, 3.05) is 44.3 Å². The molecule has 2 aromatic carbocycles. The van der Waals surface area contributed by atoms with Crippen molar-refractivity contribution in [2.45, 2.75) is 11.4 Å². The van der Waals surface area contributed by atoms with Crippen LogP contribution in [0.4, 0.5) is 5.69 Å². The fraction of sp³-hybridized carbons (Fsp3) is 0.333. The van der Waals surface area contributed by atoms with Gasteiger partial charge in [-0.05, 0) is 36.6 Å². The average Bonchev–Trinajstić information content (AvgIpc) is 3.12. The maximum absolute atomic E-state index is 12.4. The van der Waals surface area contributed by atoms with Gasteiger partial charge in [-0.2, -0.15) is 0 Å². The van der Waals surface area contributed by atoms with E-state index in [2.05, 4.69) is 29.6 Å². The first kappa shape index (κ1) is 19.4. The van der Waals surface area contributed by atoms with Crippen LogP contribution < -0.4 is 15.1 Å². The van der Waals surface area contributed by atoms with Gasteiger partial charge >= 0.3 is 0 Å². The zero-order valence-electron chi connectivity index (χ0n) is 16.0. The minimum absolute atomic E-state index is 0.0999. The monoisotopic (exact) mass is 414 g/mol. The van der Waals surface area contributed by atoms with Gasteiger partial charge in [-0.3, -0.25) is 4.79 Å². The number of anilines is 1. The molecule has 1 fully saturated rings. The molecule has 3 aromatic rings. The number of carbonyl (C=O) groups is 1. The van der Waals surface area contributed by atoms with Crippen molar-refractivity contribution in [3.8, 4) is 0 Å². The summed E-state index contributed by atoms with van der Waals surface area (Å²) in [5.74, 6) is 0.0999. The van der Waals surface area contributed by atoms with Gasteiger partial charge in [0.1, 0.15) is 37.7 Å². The van der Waals surface area contributed by atoms with Gasteiger partial charge in [0, 0.05) is 10.6 Å². The number of carbonyl (C=O) groups excluding carboxylic acids is 1. The molecule has 0 aliphatic carbocycles. The predicted molar refractivity (Wildman–Crippen MR) is 116 cm³/mol. The lowest BCUT2D eigenvalue weighted by Gasteiger charge is -2.28. The van der Waals surface area contributed by atoms with Gasteiger partial charge < -0.3 is 15.1 Å². The van der Waals surface area contributed by atoms with E-state index >= 15 is 0 Å². The van der Waals surface area contributed by atoms with Crippen LogP contribution in [-0.2, 0) is 11.3 Å². The SMILES string of the molecule is CSc1cccc(NC(=O)C[NH+]2CC[NH+](Cc3nc4ccccc4s3)CC2)c1. The summed E-state index contributed by atoms with van der Waals surface area (Å²) in [6.07, 6.45) is 2.04. The summed E-state index contributed by atoms with van der Waals surface area (Å²) in [6.45, 7) is 5.75. The van der Waals surface area contributed by atoms with Crippen LogP contribution in [0.3, 0.4) is 0 Å². The van der Waals surface area contributed by atoms with Crippen LogP contribution in [0.1, 0.15) is 5.01 Å². The number of piperazine rings is 1. The molecule has 3 N–H and O–H groups in total. The second-order valence-corrected chi connectivity index (χ2v) is 9.20. The first-order chi connectivity index (χ1) is 13.7. The Morgan fingerprint density at radius 3 is 2.68 bits per heavy atom. The van der Waals surface area contributed by atoms with Gasteiger partial charge in [-0.25, -0.2) is 4.98 Å². The molecule has 0 radical (unpaired) electrons. The molecule has 1 aliphatic rings. The molecule has 1 saturated heterocycles. The molecular weight excluding hydrogens is 388 g/mol. The molecule has 1 aromatic heterocycles. The third kappa shape index (κ3) is 4.91. The van der Waals surface area contributed by atoms with Crippen LogP contribution in [0.5, 0.6) is 0 Å². The second-order valence-electron chi connectivity index (χ2n) is 7.21. The third-order valence-corrected chi connectivity index (χ3v) is 6.93. The van der Waals surface area contributed by atoms with E-state index < -0.39 is 0 Å². The van der Waals surface area contributed by atoms with E-state index in [4.69, 9.17) is 4.98 Å². The maximum Gasteiger partial charge on any atom is 0.279 e. The number of hydrogen-bond donors (Lipinski definition) is 3. The first-order valence-corrected chi connectivity index (χ1v) is 11.7. The third-order valence-electron chi connectivity index (χ3n) is 5.17. The highest BCUT2D eigenvalue weighted by atomic mass is 32.2. The van der Waals surface area contributed by atoms with Gasteiger partial charge in [0.2, 0.25) is 0 Å². The number of amides is 1. The highest BCUT2D eigenvalue weighted by Crippen LogP contribution is 2.21. The lowest BCUT2D eigenvalue weighted by atomic mass is 10.3. The van der Waals surface area contributed by atoms with Crippen LogP contribution >= 0.6 is 23.1 Å². The lowest BCUT2D eigenvalue weighted by Crippen LogP contribution is -3.28. The lowest BCUT2D eigenvalue weighted by molar-refractivity contribution is -1.01. The number of aromatic nitrogens is 1. The number of fused-ring (bicyclic) bond motifs is 1. The number of hydrogen-bond acceptors (Lipinski definition) is 4. The number of rotatable bonds is 6. The van der Waals surface area contributed by atoms with Crippen molar-refractivity contribution in [1.82, 2.24) is 4.98 Å². The van der Waals surface area contributed by atoms with Crippen molar-refractivity contribution in [3.05, 3.63) is 53.5 Å². The molecule has 28 heavy (non-hydrogen) atoms. The Labute approximate surface area is 173 Å². The summed E-state index contributed by atoms with van der Waals surface area (Å²) < 4.78 is 1.27. The minimum atomic E-state index is 0.0999. The Morgan fingerprint density at radius 1 is 1.11 bits per heavy atom. The summed E-state index contributed by atoms with van der Waals surface area (Å²) in [7, 11) is 0. The summed E-state index contributed by atoms with van der Waals surface area (Å²) in [5, 5.41) is 4.26. The van der Waals surface area contributed by atoms with Crippen LogP contribution in [0, 0.1) is 0 Å². The molecule has 5 nitrogen and oxygen atoms in total. The number of para-hydroxylation sites is 1. The Kier molecular flexibility index (Phi) is 6.26. The fourth-order valence-corrected chi connectivity index (χ4v) is 5.15. The average molecular weight is 415 g/mol. The van der Waals surface area contributed by atoms with Crippen molar-refractivity contribution in [3.63, 3.8) is 0 Å². The zero-order valence-corrected chi connectivity index (χ0v) is 17.7. The Morgan fingerprint density at radius 2 is 1.89 bits per heavy atom. The van der Waals surface area contributed by atoms with Gasteiger partial charge in [0.15, 0.2) is 6.54 Å². The van der Waals surface area contributed by atoms with Crippen molar-refractivity contribution in [2.24, 2.45) is 0 Å². The number of benzene rings is 2. The number of nitrogens with zero attached hydrogens (tertiary/aromatic N) is 1. The van der Waals surface area contributed by atoms with Crippen molar-refractivity contribution < 1.29 is 14.6 Å². The van der Waals surface area contributed by atoms with E-state index in [-0.39, 0.29) is 5.91 Å². The molecule has 4 rings (SSSR count). The van der Waals surface area contributed by atoms with E-state index in [1.54, 1.807) is 28.0 Å². The summed E-state index contributed by atoms with van der Waals surface area (Å²) in [6, 6.07) is 16.4. The zero-order chi connectivity index (χ0) is 19.3. The van der Waals surface area contributed by atoms with Crippen molar-refractivity contribution in [1.29, 1.82) is 0 Å². The normalized spacial score (nSPS) is 19.6. The molecule has 2 heterocycles. The summed E-state index contributed by atoms with van der Waals surface area (Å²) >= 11 is 3.49. The topological polar surface area (TPSA) is 50.9 Å². The number of nitrogens with one attached hydrogen (secondary N) is 3. The summed E-state index contributed by atoms with van der Waals surface area (Å²) in [5.41, 5.74) is 1.99. The number of thioether (sulfide) groups is 1. The molecule has 1 amide bonds. The Hall–Kier alpha value is -1.93. The molecule has 0 saturated carbocycles. The van der Waals surface area contributed by atoms with E-state index in [9.17, 15) is 4.79 Å². The van der Waals surface area contributed by atoms with Gasteiger partial charge in [0.05, 0.1) is 10.2 Å². The predicted octanol–water partition coefficient (Wildman–Crippen LogP) is 0.940. The molecule has 0 bridgehead atoms. The summed E-state index contributed by atoms with van der Waals surface area (Å²) in [4.78, 5) is 21.3. The second kappa shape index (κ2) is 9.05. The van der Waals surface area contributed by atoms with E-state index in [1.165, 1.54) is 14.6 Å². The fourth-order valence-electron chi connectivity index (χ4n) is 3.65. The maximum atomic E-state index is 12.4. The molecule has 7 heteroatoms. The molecule has 0 unspecified atom stereocenters. The van der Waals surface area contributed by atoms with E-state index in [0.717, 1.165) is 48.8 Å². The van der Waals surface area contributed by atoms with Gasteiger partial charge in [0.25, 0.3) is 5.91 Å². The van der Waals surface area contributed by atoms with Crippen molar-refractivity contribution >= 4 is 44.9 Å². The van der Waals surface area contributed by atoms with Crippen LogP contribution in [0.25, 0.3) is 10.2 Å². The first-order valence-electron chi connectivity index (χ1n) is 9.65. The highest BCUT2D eigenvalue weighted by molar-refractivity contribution is 7.98. The van der Waals surface area contributed by atoms with Gasteiger partial charge in [-0.1, -0.05) is 18.2 Å². The van der Waals surface area contributed by atoms with Crippen LogP contribution in [0.2, 0.25) is 0 Å². The molecule has 0 spiro atoms. The quantitative estimate of drug-likeness (QED) is 0.526. The van der Waals surface area contributed by atoms with Gasteiger partial charge in [-0.15, -0.1) is 23.1 Å². The minimum Gasteiger partial charge on any atom is -0.321 e. The molecular formula is C21H26N4OS2+2. The standard InChI is InChI=1S/C21H24N4OS2/c1-27-17-6-4-5-16(13-17)22-20(26)14-24-9-11-25(12-10-24)15-21-23-18-7-2-3-8-19(18)28-21/h2-8,13H,9-12,14-15H2,1H3,(H,22,26)/p+2. The van der Waals surface area contributed by atoms with Crippen LogP contribution in [0.15, 0.2) is 53.4 Å². The molecule has 0 atom stereocenters. The smallest absolute Gasteiger partial charge is 0.279 e. The van der Waals surface area contributed by atoms with E-state index in [1.807, 2.05) is 30.5 Å². The number of quaternary nitrogens is 2. The number of thiazole rings is 1. The highest BCUT2D eigenvalue weighted by Gasteiger charge is 2.25.